The average molecular weight is 366 g/mol. The van der Waals surface area contributed by atoms with Crippen LogP contribution < -0.4 is 19.5 Å². The number of rotatable bonds is 6. The van der Waals surface area contributed by atoms with Gasteiger partial charge in [0.2, 0.25) is 6.79 Å². The first-order chi connectivity index (χ1) is 13.2. The Kier molecular flexibility index (Phi) is 4.61. The number of benzene rings is 2. The summed E-state index contributed by atoms with van der Waals surface area (Å²) in [6.07, 6.45) is 3.17. The molecule has 0 spiro atoms. The Morgan fingerprint density at radius 1 is 1.15 bits per heavy atom. The van der Waals surface area contributed by atoms with Crippen LogP contribution in [0.3, 0.4) is 0 Å². The van der Waals surface area contributed by atoms with Gasteiger partial charge >= 0.3 is 0 Å². The molecule has 1 N–H and O–H groups in total. The Labute approximate surface area is 155 Å². The van der Waals surface area contributed by atoms with Gasteiger partial charge in [-0.2, -0.15) is 0 Å². The van der Waals surface area contributed by atoms with Crippen molar-refractivity contribution in [2.45, 2.75) is 13.5 Å². The minimum absolute atomic E-state index is 0.0945. The summed E-state index contributed by atoms with van der Waals surface area (Å²) in [6, 6.07) is 11.3. The molecule has 0 atom stereocenters. The third kappa shape index (κ3) is 3.84. The molecule has 3 aromatic rings. The summed E-state index contributed by atoms with van der Waals surface area (Å²) in [5.74, 6) is 1.77. The molecule has 1 aliphatic rings. The van der Waals surface area contributed by atoms with E-state index in [1.165, 1.54) is 0 Å². The van der Waals surface area contributed by atoms with Gasteiger partial charge in [-0.05, 0) is 42.3 Å². The maximum atomic E-state index is 12.2. The predicted molar refractivity (Wildman–Crippen MR) is 96.0 cm³/mol. The third-order valence-corrected chi connectivity index (χ3v) is 4.10. The maximum absolute atomic E-state index is 12.2. The molecule has 0 fully saturated rings. The van der Waals surface area contributed by atoms with E-state index in [0.29, 0.717) is 23.8 Å². The van der Waals surface area contributed by atoms with Crippen molar-refractivity contribution in [3.63, 3.8) is 0 Å². The van der Waals surface area contributed by atoms with Gasteiger partial charge in [0.25, 0.3) is 5.91 Å². The van der Waals surface area contributed by atoms with Crippen LogP contribution in [0, 0.1) is 6.92 Å². The number of hydrogen-bond donors (Lipinski definition) is 1. The van der Waals surface area contributed by atoms with Crippen LogP contribution in [0.15, 0.2) is 49.1 Å². The summed E-state index contributed by atoms with van der Waals surface area (Å²) in [5.41, 5.74) is 2.77. The summed E-state index contributed by atoms with van der Waals surface area (Å²) in [6.45, 7) is 2.49. The molecule has 27 heavy (non-hydrogen) atoms. The molecule has 4 rings (SSSR count). The molecule has 2 aromatic carbocycles. The van der Waals surface area contributed by atoms with E-state index in [0.717, 1.165) is 16.8 Å². The molecule has 1 aromatic heterocycles. The van der Waals surface area contributed by atoms with Crippen molar-refractivity contribution in [2.24, 2.45) is 0 Å². The predicted octanol–water partition coefficient (Wildman–Crippen LogP) is 2.00. The highest BCUT2D eigenvalue weighted by Gasteiger charge is 2.14. The fourth-order valence-electron chi connectivity index (χ4n) is 2.72. The zero-order valence-electron chi connectivity index (χ0n) is 14.7. The lowest BCUT2D eigenvalue weighted by molar-refractivity contribution is -0.123. The van der Waals surface area contributed by atoms with E-state index in [2.05, 4.69) is 15.5 Å². The van der Waals surface area contributed by atoms with Crippen LogP contribution in [-0.2, 0) is 11.3 Å². The summed E-state index contributed by atoms with van der Waals surface area (Å²) in [4.78, 5) is 12.2. The molecular formula is C19H18N4O4. The highest BCUT2D eigenvalue weighted by atomic mass is 16.7. The number of ether oxygens (including phenoxy) is 3. The lowest BCUT2D eigenvalue weighted by Gasteiger charge is -2.12. The fraction of sp³-hybridized carbons (Fsp3) is 0.211. The number of aryl methyl sites for hydroxylation is 1. The molecule has 0 saturated heterocycles. The Hall–Kier alpha value is -3.55. The largest absolute Gasteiger partial charge is 0.482 e. The number of nitrogens with one attached hydrogen (secondary N) is 1. The van der Waals surface area contributed by atoms with Crippen molar-refractivity contribution in [1.82, 2.24) is 20.1 Å². The maximum Gasteiger partial charge on any atom is 0.258 e. The molecule has 0 bridgehead atoms. The normalized spacial score (nSPS) is 12.0. The second-order valence-electron chi connectivity index (χ2n) is 6.09. The van der Waals surface area contributed by atoms with E-state index in [1.807, 2.05) is 43.3 Å². The third-order valence-electron chi connectivity index (χ3n) is 4.10. The topological polar surface area (TPSA) is 87.5 Å². The van der Waals surface area contributed by atoms with Gasteiger partial charge in [-0.1, -0.05) is 12.1 Å². The number of fused-ring (bicyclic) bond motifs is 1. The van der Waals surface area contributed by atoms with Gasteiger partial charge < -0.3 is 19.5 Å². The van der Waals surface area contributed by atoms with E-state index in [4.69, 9.17) is 14.2 Å². The van der Waals surface area contributed by atoms with Gasteiger partial charge in [0, 0.05) is 6.54 Å². The number of nitrogens with zero attached hydrogens (tertiary/aromatic N) is 3. The van der Waals surface area contributed by atoms with Crippen LogP contribution >= 0.6 is 0 Å². The second-order valence-corrected chi connectivity index (χ2v) is 6.09. The van der Waals surface area contributed by atoms with Crippen molar-refractivity contribution >= 4 is 5.91 Å². The molecule has 2 heterocycles. The zero-order valence-corrected chi connectivity index (χ0v) is 14.7. The average Bonchev–Trinajstić information content (AvgIpc) is 3.36. The number of aromatic nitrogens is 3. The number of hydrogen-bond acceptors (Lipinski definition) is 6. The van der Waals surface area contributed by atoms with Crippen molar-refractivity contribution in [1.29, 1.82) is 0 Å². The fourth-order valence-corrected chi connectivity index (χ4v) is 2.72. The SMILES string of the molecule is Cc1ccc(OCC(=O)NCc2ccc3c(c2)OCO3)c(-n2cnnc2)c1. The molecule has 0 radical (unpaired) electrons. The highest BCUT2D eigenvalue weighted by Crippen LogP contribution is 2.32. The van der Waals surface area contributed by atoms with E-state index in [1.54, 1.807) is 17.2 Å². The molecule has 0 aliphatic carbocycles. The second kappa shape index (κ2) is 7.36. The van der Waals surface area contributed by atoms with E-state index < -0.39 is 0 Å². The summed E-state index contributed by atoms with van der Waals surface area (Å²) < 4.78 is 18.1. The lowest BCUT2D eigenvalue weighted by atomic mass is 10.2. The van der Waals surface area contributed by atoms with E-state index >= 15 is 0 Å². The smallest absolute Gasteiger partial charge is 0.258 e. The highest BCUT2D eigenvalue weighted by molar-refractivity contribution is 5.77. The minimum atomic E-state index is -0.219. The van der Waals surface area contributed by atoms with Crippen molar-refractivity contribution in [3.05, 3.63) is 60.2 Å². The number of carbonyl (C=O) groups is 1. The molecule has 0 saturated carbocycles. The minimum Gasteiger partial charge on any atom is -0.482 e. The Bertz CT molecular complexity index is 956. The van der Waals surface area contributed by atoms with E-state index in [-0.39, 0.29) is 19.3 Å². The molecular weight excluding hydrogens is 348 g/mol. The monoisotopic (exact) mass is 366 g/mol. The van der Waals surface area contributed by atoms with Crippen molar-refractivity contribution in [2.75, 3.05) is 13.4 Å². The number of carbonyl (C=O) groups excluding carboxylic acids is 1. The summed E-state index contributed by atoms with van der Waals surface area (Å²) >= 11 is 0. The molecule has 0 unspecified atom stereocenters. The van der Waals surface area contributed by atoms with Gasteiger partial charge in [-0.25, -0.2) is 0 Å². The summed E-state index contributed by atoms with van der Waals surface area (Å²) in [7, 11) is 0. The van der Waals surface area contributed by atoms with Crippen LogP contribution in [0.2, 0.25) is 0 Å². The standard InChI is InChI=1S/C19H18N4O4/c1-13-2-4-16(15(6-13)23-10-21-22-11-23)25-9-19(24)20-8-14-3-5-17-18(7-14)27-12-26-17/h2-7,10-11H,8-9,12H2,1H3,(H,20,24). The lowest BCUT2D eigenvalue weighted by Crippen LogP contribution is -2.28. The van der Waals surface area contributed by atoms with Gasteiger partial charge in [0.15, 0.2) is 18.1 Å². The number of amides is 1. The first-order valence-electron chi connectivity index (χ1n) is 8.43. The van der Waals surface area contributed by atoms with Crippen LogP contribution in [0.1, 0.15) is 11.1 Å². The molecule has 1 amide bonds. The van der Waals surface area contributed by atoms with Crippen LogP contribution in [0.4, 0.5) is 0 Å². The Morgan fingerprint density at radius 2 is 1.96 bits per heavy atom. The van der Waals surface area contributed by atoms with Crippen molar-refractivity contribution in [3.8, 4) is 22.9 Å². The Balaban J connectivity index is 1.36. The van der Waals surface area contributed by atoms with Gasteiger partial charge in [0.1, 0.15) is 18.4 Å². The van der Waals surface area contributed by atoms with E-state index in [9.17, 15) is 4.79 Å². The molecule has 8 nitrogen and oxygen atoms in total. The summed E-state index contributed by atoms with van der Waals surface area (Å²) in [5, 5.41) is 10.5. The Morgan fingerprint density at radius 3 is 2.81 bits per heavy atom. The van der Waals surface area contributed by atoms with Gasteiger partial charge in [0.05, 0.1) is 5.69 Å². The molecule has 138 valence electrons. The van der Waals surface area contributed by atoms with Gasteiger partial charge in [-0.3, -0.25) is 9.36 Å². The first-order valence-corrected chi connectivity index (χ1v) is 8.43. The molecule has 8 heteroatoms. The first kappa shape index (κ1) is 16.9. The van der Waals surface area contributed by atoms with Gasteiger partial charge in [-0.15, -0.1) is 10.2 Å². The molecule has 1 aliphatic heterocycles. The van der Waals surface area contributed by atoms with Crippen LogP contribution in [0.5, 0.6) is 17.2 Å². The quantitative estimate of drug-likeness (QED) is 0.718. The zero-order chi connectivity index (χ0) is 18.6. The van der Waals surface area contributed by atoms with Crippen LogP contribution in [0.25, 0.3) is 5.69 Å². The van der Waals surface area contributed by atoms with Crippen molar-refractivity contribution < 1.29 is 19.0 Å². The van der Waals surface area contributed by atoms with Crippen LogP contribution in [-0.4, -0.2) is 34.1 Å².